The van der Waals surface area contributed by atoms with Gasteiger partial charge in [0.2, 0.25) is 5.91 Å². The van der Waals surface area contributed by atoms with E-state index in [1.165, 1.54) is 0 Å². The molecule has 0 saturated heterocycles. The highest BCUT2D eigenvalue weighted by molar-refractivity contribution is 7.13. The van der Waals surface area contributed by atoms with E-state index in [2.05, 4.69) is 10.6 Å². The summed E-state index contributed by atoms with van der Waals surface area (Å²) in [5, 5.41) is 15.9. The molecule has 0 unspecified atom stereocenters. The molecule has 1 heterocycles. The molecule has 110 valence electrons. The molecule has 1 aromatic carbocycles. The highest BCUT2D eigenvalue weighted by atomic mass is 32.1. The molecule has 21 heavy (non-hydrogen) atoms. The second kappa shape index (κ2) is 6.41. The molecule has 0 bridgehead atoms. The Morgan fingerprint density at radius 3 is 2.48 bits per heavy atom. The van der Waals surface area contributed by atoms with Crippen molar-refractivity contribution in [2.24, 2.45) is 5.92 Å². The minimum absolute atomic E-state index is 0.160. The average molecular weight is 304 g/mol. The molecule has 0 aliphatic rings. The molecule has 0 aliphatic heterocycles. The minimum atomic E-state index is -1.17. The maximum atomic E-state index is 11.9. The van der Waals surface area contributed by atoms with E-state index in [0.717, 1.165) is 10.4 Å². The number of thiophene rings is 1. The normalized spacial score (nSPS) is 10.4. The lowest BCUT2D eigenvalue weighted by molar-refractivity contribution is -0.118. The second-order valence-electron chi connectivity index (χ2n) is 4.81. The topological polar surface area (TPSA) is 78.4 Å². The van der Waals surface area contributed by atoms with Crippen LogP contribution in [-0.4, -0.2) is 17.1 Å². The molecule has 0 spiro atoms. The molecule has 2 aromatic rings. The number of rotatable bonds is 4. The van der Waals surface area contributed by atoms with Gasteiger partial charge in [-0.15, -0.1) is 11.3 Å². The van der Waals surface area contributed by atoms with E-state index in [9.17, 15) is 9.59 Å². The van der Waals surface area contributed by atoms with Crippen LogP contribution < -0.4 is 10.6 Å². The van der Waals surface area contributed by atoms with Crippen LogP contribution in [0.5, 0.6) is 0 Å². The molecular weight excluding hydrogens is 288 g/mol. The van der Waals surface area contributed by atoms with Crippen LogP contribution in [-0.2, 0) is 4.79 Å². The standard InChI is InChI=1S/C15H16N2O3S/c1-9(2)14(18)16-12-8-10(13-4-3-7-21-13)5-6-11(12)17-15(19)20/h3-9,17H,1-2H3,(H,16,18)(H,19,20). The predicted molar refractivity (Wildman–Crippen MR) is 84.9 cm³/mol. The summed E-state index contributed by atoms with van der Waals surface area (Å²) < 4.78 is 0. The van der Waals surface area contributed by atoms with Gasteiger partial charge in [0.25, 0.3) is 0 Å². The summed E-state index contributed by atoms with van der Waals surface area (Å²) in [7, 11) is 0. The Hall–Kier alpha value is -2.34. The van der Waals surface area contributed by atoms with Crippen molar-refractivity contribution in [2.75, 3.05) is 10.6 Å². The minimum Gasteiger partial charge on any atom is -0.465 e. The third-order valence-electron chi connectivity index (χ3n) is 2.85. The SMILES string of the molecule is CC(C)C(=O)Nc1cc(-c2cccs2)ccc1NC(=O)O. The Bertz CT molecular complexity index is 651. The molecule has 2 amide bonds. The first-order valence-corrected chi connectivity index (χ1v) is 7.34. The van der Waals surface area contributed by atoms with Gasteiger partial charge in [0.1, 0.15) is 0 Å². The molecule has 0 radical (unpaired) electrons. The Morgan fingerprint density at radius 1 is 1.14 bits per heavy atom. The van der Waals surface area contributed by atoms with E-state index in [1.54, 1.807) is 37.3 Å². The predicted octanol–water partition coefficient (Wildman–Crippen LogP) is 4.10. The zero-order valence-corrected chi connectivity index (χ0v) is 12.5. The first-order valence-electron chi connectivity index (χ1n) is 6.46. The number of benzene rings is 1. The quantitative estimate of drug-likeness (QED) is 0.795. The molecule has 3 N–H and O–H groups in total. The summed E-state index contributed by atoms with van der Waals surface area (Å²) >= 11 is 1.58. The number of hydrogen-bond donors (Lipinski definition) is 3. The Labute approximate surface area is 126 Å². The fourth-order valence-corrected chi connectivity index (χ4v) is 2.47. The highest BCUT2D eigenvalue weighted by Gasteiger charge is 2.13. The molecule has 6 heteroatoms. The van der Waals surface area contributed by atoms with E-state index in [0.29, 0.717) is 11.4 Å². The van der Waals surface area contributed by atoms with E-state index in [4.69, 9.17) is 5.11 Å². The molecule has 1 aromatic heterocycles. The summed E-state index contributed by atoms with van der Waals surface area (Å²) in [6, 6.07) is 9.16. The first kappa shape index (κ1) is 15.1. The van der Waals surface area contributed by atoms with Gasteiger partial charge in [-0.1, -0.05) is 26.0 Å². The fourth-order valence-electron chi connectivity index (χ4n) is 1.75. The van der Waals surface area contributed by atoms with Crippen molar-refractivity contribution in [3.8, 4) is 10.4 Å². The Morgan fingerprint density at radius 2 is 1.90 bits per heavy atom. The van der Waals surface area contributed by atoms with Gasteiger partial charge in [0, 0.05) is 10.8 Å². The van der Waals surface area contributed by atoms with Crippen molar-refractivity contribution >= 4 is 34.7 Å². The molecule has 0 aliphatic carbocycles. The lowest BCUT2D eigenvalue weighted by Crippen LogP contribution is -2.19. The number of anilines is 2. The van der Waals surface area contributed by atoms with Crippen molar-refractivity contribution in [1.29, 1.82) is 0 Å². The van der Waals surface area contributed by atoms with Gasteiger partial charge in [-0.3, -0.25) is 10.1 Å². The summed E-state index contributed by atoms with van der Waals surface area (Å²) in [5.41, 5.74) is 1.75. The van der Waals surface area contributed by atoms with Gasteiger partial charge in [0.05, 0.1) is 11.4 Å². The van der Waals surface area contributed by atoms with Crippen LogP contribution in [0.3, 0.4) is 0 Å². The zero-order valence-electron chi connectivity index (χ0n) is 11.7. The van der Waals surface area contributed by atoms with Gasteiger partial charge in [-0.2, -0.15) is 0 Å². The van der Waals surface area contributed by atoms with Gasteiger partial charge in [0.15, 0.2) is 0 Å². The van der Waals surface area contributed by atoms with Gasteiger partial charge >= 0.3 is 6.09 Å². The largest absolute Gasteiger partial charge is 0.465 e. The summed E-state index contributed by atoms with van der Waals surface area (Å²) in [4.78, 5) is 23.7. The van der Waals surface area contributed by atoms with Crippen molar-refractivity contribution in [3.63, 3.8) is 0 Å². The third-order valence-corrected chi connectivity index (χ3v) is 3.77. The number of carbonyl (C=O) groups is 2. The summed E-state index contributed by atoms with van der Waals surface area (Å²) in [5.74, 6) is -0.347. The van der Waals surface area contributed by atoms with E-state index < -0.39 is 6.09 Å². The molecule has 0 atom stereocenters. The Kier molecular flexibility index (Phi) is 4.59. The number of carbonyl (C=O) groups excluding carboxylic acids is 1. The lowest BCUT2D eigenvalue weighted by Gasteiger charge is -2.13. The average Bonchev–Trinajstić information content (AvgIpc) is 2.94. The van der Waals surface area contributed by atoms with Crippen LogP contribution in [0.1, 0.15) is 13.8 Å². The molecule has 0 saturated carbocycles. The van der Waals surface area contributed by atoms with Gasteiger partial charge in [-0.25, -0.2) is 4.79 Å². The van der Waals surface area contributed by atoms with Crippen molar-refractivity contribution in [3.05, 3.63) is 35.7 Å². The van der Waals surface area contributed by atoms with E-state index in [-0.39, 0.29) is 11.8 Å². The van der Waals surface area contributed by atoms with Crippen LogP contribution in [0.2, 0.25) is 0 Å². The van der Waals surface area contributed by atoms with Crippen molar-refractivity contribution in [2.45, 2.75) is 13.8 Å². The number of hydrogen-bond acceptors (Lipinski definition) is 3. The van der Waals surface area contributed by atoms with Gasteiger partial charge < -0.3 is 10.4 Å². The van der Waals surface area contributed by atoms with E-state index in [1.807, 2.05) is 23.6 Å². The number of nitrogens with one attached hydrogen (secondary N) is 2. The first-order chi connectivity index (χ1) is 9.97. The Balaban J connectivity index is 2.38. The molecule has 5 nitrogen and oxygen atoms in total. The van der Waals surface area contributed by atoms with Crippen molar-refractivity contribution < 1.29 is 14.7 Å². The third kappa shape index (κ3) is 3.82. The smallest absolute Gasteiger partial charge is 0.409 e. The van der Waals surface area contributed by atoms with Crippen LogP contribution in [0.4, 0.5) is 16.2 Å². The van der Waals surface area contributed by atoms with E-state index >= 15 is 0 Å². The van der Waals surface area contributed by atoms with Crippen LogP contribution >= 0.6 is 11.3 Å². The number of amides is 2. The molecule has 0 fully saturated rings. The summed E-state index contributed by atoms with van der Waals surface area (Å²) in [6.45, 7) is 3.56. The van der Waals surface area contributed by atoms with Crippen LogP contribution in [0.25, 0.3) is 10.4 Å². The van der Waals surface area contributed by atoms with Gasteiger partial charge in [-0.05, 0) is 29.1 Å². The van der Waals surface area contributed by atoms with Crippen LogP contribution in [0.15, 0.2) is 35.7 Å². The monoisotopic (exact) mass is 304 g/mol. The molecule has 2 rings (SSSR count). The fraction of sp³-hybridized carbons (Fsp3) is 0.200. The number of carboxylic acid groups (broad SMARTS) is 1. The second-order valence-corrected chi connectivity index (χ2v) is 5.76. The molecular formula is C15H16N2O3S. The highest BCUT2D eigenvalue weighted by Crippen LogP contribution is 2.31. The zero-order chi connectivity index (χ0) is 15.4. The maximum absolute atomic E-state index is 11.9. The van der Waals surface area contributed by atoms with Crippen LogP contribution in [0, 0.1) is 5.92 Å². The summed E-state index contributed by atoms with van der Waals surface area (Å²) in [6.07, 6.45) is -1.17. The maximum Gasteiger partial charge on any atom is 0.409 e. The lowest BCUT2D eigenvalue weighted by atomic mass is 10.1. The van der Waals surface area contributed by atoms with Crippen molar-refractivity contribution in [1.82, 2.24) is 0 Å².